The normalized spacial score (nSPS) is 8.23. The summed E-state index contributed by atoms with van der Waals surface area (Å²) in [5.74, 6) is 0. The molecule has 0 aliphatic heterocycles. The van der Waals surface area contributed by atoms with Gasteiger partial charge in [-0.2, -0.15) is 0 Å². The molecule has 13 heavy (non-hydrogen) atoms. The topological polar surface area (TPSA) is 207 Å². The summed E-state index contributed by atoms with van der Waals surface area (Å²) in [4.78, 5) is 16.3. The number of phosphoric acid groups is 1. The highest BCUT2D eigenvalue weighted by Gasteiger charge is 2.11. The molecular formula is C4H23N4O4P. The van der Waals surface area contributed by atoms with E-state index in [1.165, 1.54) is 0 Å². The molecule has 8 nitrogen and oxygen atoms in total. The Labute approximate surface area is 78.6 Å². The predicted octanol–water partition coefficient (Wildman–Crippen LogP) is 1.54. The molecule has 0 rings (SSSR count). The lowest BCUT2D eigenvalue weighted by Crippen LogP contribution is -1.90. The van der Waals surface area contributed by atoms with E-state index in [1.807, 2.05) is 6.92 Å². The summed E-state index contributed by atoms with van der Waals surface area (Å²) in [7, 11) is -4.20. The van der Waals surface area contributed by atoms with Gasteiger partial charge in [0.2, 0.25) is 0 Å². The summed E-state index contributed by atoms with van der Waals surface area (Å²) in [6.07, 6.45) is 1.56. The highest BCUT2D eigenvalue weighted by Crippen LogP contribution is 2.35. The molecule has 0 bridgehead atoms. The van der Waals surface area contributed by atoms with Gasteiger partial charge >= 0.3 is 7.82 Å². The third-order valence-electron chi connectivity index (χ3n) is 0.757. The van der Waals surface area contributed by atoms with E-state index in [2.05, 4.69) is 4.52 Å². The Morgan fingerprint density at radius 1 is 1.15 bits per heavy atom. The van der Waals surface area contributed by atoms with Gasteiger partial charge in [0.05, 0.1) is 6.61 Å². The fourth-order valence-corrected chi connectivity index (χ4v) is 0.695. The number of rotatable bonds is 4. The van der Waals surface area contributed by atoms with Crippen molar-refractivity contribution in [1.82, 2.24) is 24.6 Å². The van der Waals surface area contributed by atoms with Crippen LogP contribution >= 0.6 is 7.82 Å². The number of unbranched alkanes of at least 4 members (excludes halogenated alkanes) is 1. The quantitative estimate of drug-likeness (QED) is 0.302. The second-order valence-electron chi connectivity index (χ2n) is 1.68. The molecule has 0 amide bonds. The van der Waals surface area contributed by atoms with Gasteiger partial charge in [-0.25, -0.2) is 4.57 Å². The predicted molar refractivity (Wildman–Crippen MR) is 53.0 cm³/mol. The average Bonchev–Trinajstić information content (AvgIpc) is 1.63. The Balaban J connectivity index is -0.0000000533. The molecule has 0 unspecified atom stereocenters. The smallest absolute Gasteiger partial charge is 0.344 e. The third kappa shape index (κ3) is 33.4. The zero-order valence-corrected chi connectivity index (χ0v) is 9.00. The molecule has 0 radical (unpaired) electrons. The largest absolute Gasteiger partial charge is 0.469 e. The number of hydrogen-bond acceptors (Lipinski definition) is 6. The molecule has 0 atom stereocenters. The van der Waals surface area contributed by atoms with Gasteiger partial charge in [0, 0.05) is 0 Å². The van der Waals surface area contributed by atoms with Gasteiger partial charge in [-0.3, -0.25) is 4.52 Å². The third-order valence-corrected chi connectivity index (χ3v) is 1.28. The molecule has 0 aliphatic rings. The van der Waals surface area contributed by atoms with Crippen LogP contribution in [0.5, 0.6) is 0 Å². The van der Waals surface area contributed by atoms with Crippen molar-refractivity contribution in [3.8, 4) is 0 Å². The van der Waals surface area contributed by atoms with E-state index in [4.69, 9.17) is 9.79 Å². The van der Waals surface area contributed by atoms with Crippen LogP contribution in [-0.2, 0) is 9.09 Å². The Bertz CT molecular complexity index is 119. The molecule has 0 aliphatic carbocycles. The van der Waals surface area contributed by atoms with Crippen LogP contribution in [0.4, 0.5) is 0 Å². The zero-order chi connectivity index (χ0) is 7.33. The first kappa shape index (κ1) is 29.3. The minimum Gasteiger partial charge on any atom is -0.344 e. The van der Waals surface area contributed by atoms with Crippen LogP contribution in [0.3, 0.4) is 0 Å². The SMILES string of the molecule is CCCCOP(=O)(O)O.N.N.N.N. The van der Waals surface area contributed by atoms with Crippen molar-refractivity contribution in [1.29, 1.82) is 0 Å². The molecule has 0 saturated heterocycles. The summed E-state index contributed by atoms with van der Waals surface area (Å²) in [6, 6.07) is 0. The summed E-state index contributed by atoms with van der Waals surface area (Å²) < 4.78 is 14.1. The van der Waals surface area contributed by atoms with Crippen molar-refractivity contribution in [2.45, 2.75) is 19.8 Å². The van der Waals surface area contributed by atoms with Crippen LogP contribution < -0.4 is 24.6 Å². The highest BCUT2D eigenvalue weighted by molar-refractivity contribution is 7.46. The molecule has 0 aromatic carbocycles. The molecule has 0 spiro atoms. The Hall–Kier alpha value is -0.0500. The second-order valence-corrected chi connectivity index (χ2v) is 2.92. The van der Waals surface area contributed by atoms with E-state index >= 15 is 0 Å². The summed E-state index contributed by atoms with van der Waals surface area (Å²) in [6.45, 7) is 2.06. The fraction of sp³-hybridized carbons (Fsp3) is 1.00. The molecule has 0 saturated carbocycles. The second kappa shape index (κ2) is 14.5. The standard InChI is InChI=1S/C4H11O4P.4H3N/c1-2-3-4-8-9(5,6)7;;;;/h2-4H2,1H3,(H2,5,6,7);4*1H3. The van der Waals surface area contributed by atoms with Crippen molar-refractivity contribution < 1.29 is 18.9 Å². The molecule has 14 N–H and O–H groups in total. The van der Waals surface area contributed by atoms with Gasteiger partial charge in [0.15, 0.2) is 0 Å². The van der Waals surface area contributed by atoms with Crippen molar-refractivity contribution in [2.75, 3.05) is 6.61 Å². The first-order valence-corrected chi connectivity index (χ1v) is 4.29. The van der Waals surface area contributed by atoms with E-state index in [9.17, 15) is 4.57 Å². The van der Waals surface area contributed by atoms with Crippen molar-refractivity contribution >= 4 is 7.82 Å². The molecule has 0 aromatic rings. The van der Waals surface area contributed by atoms with Crippen molar-refractivity contribution in [3.05, 3.63) is 0 Å². The summed E-state index contributed by atoms with van der Waals surface area (Å²) >= 11 is 0. The minimum atomic E-state index is -4.20. The van der Waals surface area contributed by atoms with Crippen LogP contribution in [0.2, 0.25) is 0 Å². The lowest BCUT2D eigenvalue weighted by atomic mass is 10.4. The van der Waals surface area contributed by atoms with Gasteiger partial charge in [-0.15, -0.1) is 0 Å². The van der Waals surface area contributed by atoms with Gasteiger partial charge in [-0.1, -0.05) is 13.3 Å². The van der Waals surface area contributed by atoms with E-state index < -0.39 is 7.82 Å². The monoisotopic (exact) mass is 222 g/mol. The van der Waals surface area contributed by atoms with Crippen LogP contribution in [0.25, 0.3) is 0 Å². The molecule has 0 heterocycles. The number of hydrogen-bond donors (Lipinski definition) is 6. The highest BCUT2D eigenvalue weighted by atomic mass is 31.2. The van der Waals surface area contributed by atoms with Gasteiger partial charge in [0.25, 0.3) is 0 Å². The average molecular weight is 222 g/mol. The van der Waals surface area contributed by atoms with Crippen LogP contribution in [0.1, 0.15) is 19.8 Å². The van der Waals surface area contributed by atoms with Crippen molar-refractivity contribution in [2.24, 2.45) is 0 Å². The number of phosphoric ester groups is 1. The lowest BCUT2D eigenvalue weighted by molar-refractivity contribution is 0.194. The van der Waals surface area contributed by atoms with E-state index in [-0.39, 0.29) is 31.2 Å². The molecule has 0 aromatic heterocycles. The van der Waals surface area contributed by atoms with Crippen LogP contribution in [-0.4, -0.2) is 16.4 Å². The maximum Gasteiger partial charge on any atom is 0.469 e. The van der Waals surface area contributed by atoms with Gasteiger partial charge < -0.3 is 34.4 Å². The lowest BCUT2D eigenvalue weighted by Gasteiger charge is -2.02. The maximum atomic E-state index is 9.98. The van der Waals surface area contributed by atoms with E-state index in [1.54, 1.807) is 0 Å². The summed E-state index contributed by atoms with van der Waals surface area (Å²) in [5, 5.41) is 0. The Morgan fingerprint density at radius 3 is 1.77 bits per heavy atom. The van der Waals surface area contributed by atoms with Gasteiger partial charge in [0.1, 0.15) is 0 Å². The molecule has 9 heteroatoms. The molecule has 88 valence electrons. The Kier molecular flexibility index (Phi) is 32.6. The minimum absolute atomic E-state index is 0. The molecule has 0 fully saturated rings. The van der Waals surface area contributed by atoms with Crippen molar-refractivity contribution in [3.63, 3.8) is 0 Å². The zero-order valence-electron chi connectivity index (χ0n) is 8.11. The fourth-order valence-electron chi connectivity index (χ4n) is 0.328. The van der Waals surface area contributed by atoms with Gasteiger partial charge in [-0.05, 0) is 6.42 Å². The summed E-state index contributed by atoms with van der Waals surface area (Å²) in [5.41, 5.74) is 0. The van der Waals surface area contributed by atoms with E-state index in [0.29, 0.717) is 6.42 Å². The Morgan fingerprint density at radius 2 is 1.54 bits per heavy atom. The maximum absolute atomic E-state index is 9.98. The van der Waals surface area contributed by atoms with E-state index in [0.717, 1.165) is 6.42 Å². The first-order chi connectivity index (χ1) is 4.06. The first-order valence-electron chi connectivity index (χ1n) is 2.76. The van der Waals surface area contributed by atoms with Crippen LogP contribution in [0.15, 0.2) is 0 Å². The molecular weight excluding hydrogens is 199 g/mol. The van der Waals surface area contributed by atoms with Crippen LogP contribution in [0, 0.1) is 0 Å².